The lowest BCUT2D eigenvalue weighted by Crippen LogP contribution is -2.25. The summed E-state index contributed by atoms with van der Waals surface area (Å²) < 4.78 is 39.1. The van der Waals surface area contributed by atoms with E-state index in [2.05, 4.69) is 20.6 Å². The summed E-state index contributed by atoms with van der Waals surface area (Å²) in [7, 11) is 0. The van der Waals surface area contributed by atoms with Gasteiger partial charge in [-0.15, -0.1) is 0 Å². The zero-order chi connectivity index (χ0) is 18.6. The van der Waals surface area contributed by atoms with Gasteiger partial charge in [0.1, 0.15) is 11.4 Å². The Hall–Kier alpha value is -1.81. The molecular weight excluding hydrogens is 384 g/mol. The van der Waals surface area contributed by atoms with Crippen molar-refractivity contribution in [3.8, 4) is 0 Å². The van der Waals surface area contributed by atoms with Crippen molar-refractivity contribution in [3.05, 3.63) is 40.0 Å². The molecule has 0 aliphatic carbocycles. The Morgan fingerprint density at radius 3 is 2.52 bits per heavy atom. The molecule has 1 aromatic heterocycles. The highest BCUT2D eigenvalue weighted by molar-refractivity contribution is 6.42. The van der Waals surface area contributed by atoms with E-state index in [1.165, 1.54) is 12.1 Å². The van der Waals surface area contributed by atoms with Crippen LogP contribution in [0.4, 0.5) is 30.6 Å². The number of aliphatic hydroxyl groups is 2. The predicted octanol–water partition coefficient (Wildman–Crippen LogP) is 3.31. The topological polar surface area (TPSA) is 90.3 Å². The second-order valence-corrected chi connectivity index (χ2v) is 5.74. The van der Waals surface area contributed by atoms with Crippen LogP contribution in [0.25, 0.3) is 0 Å². The van der Waals surface area contributed by atoms with Gasteiger partial charge in [0.25, 0.3) is 0 Å². The number of aliphatic hydroxyl groups excluding tert-OH is 2. The molecule has 6 nitrogen and oxygen atoms in total. The number of nitrogens with one attached hydrogen (secondary N) is 2. The van der Waals surface area contributed by atoms with Crippen LogP contribution < -0.4 is 10.6 Å². The average Bonchev–Trinajstić information content (AvgIpc) is 2.55. The summed E-state index contributed by atoms with van der Waals surface area (Å²) in [6.45, 7) is -0.920. The standard InChI is InChI=1S/C14H13Cl2F3N4O2/c15-10-2-1-7(3-11(10)16)22-13-21-5-9(14(17,18)19)12(23-13)20-4-8(25)6-24/h1-3,5,8,24-25H,4,6H2,(H2,20,21,22,23). The largest absolute Gasteiger partial charge is 0.421 e. The van der Waals surface area contributed by atoms with Gasteiger partial charge in [0.05, 0.1) is 22.8 Å². The highest BCUT2D eigenvalue weighted by Crippen LogP contribution is 2.34. The molecular formula is C14H13Cl2F3N4O2. The molecule has 1 atom stereocenters. The molecule has 0 saturated heterocycles. The fraction of sp³-hybridized carbons (Fsp3) is 0.286. The van der Waals surface area contributed by atoms with Crippen molar-refractivity contribution in [3.63, 3.8) is 0 Å². The molecule has 136 valence electrons. The van der Waals surface area contributed by atoms with Crippen molar-refractivity contribution in [1.82, 2.24) is 9.97 Å². The third-order valence-corrected chi connectivity index (χ3v) is 3.72. The van der Waals surface area contributed by atoms with Crippen molar-refractivity contribution in [2.75, 3.05) is 23.8 Å². The molecule has 0 aliphatic heterocycles. The average molecular weight is 397 g/mol. The van der Waals surface area contributed by atoms with Gasteiger partial charge in [-0.1, -0.05) is 23.2 Å². The number of halogens is 5. The SMILES string of the molecule is OCC(O)CNc1nc(Nc2ccc(Cl)c(Cl)c2)ncc1C(F)(F)F. The molecule has 2 rings (SSSR count). The van der Waals surface area contributed by atoms with Gasteiger partial charge in [0.15, 0.2) is 0 Å². The van der Waals surface area contributed by atoms with Crippen molar-refractivity contribution in [1.29, 1.82) is 0 Å². The van der Waals surface area contributed by atoms with Crippen LogP contribution in [0.2, 0.25) is 10.0 Å². The summed E-state index contributed by atoms with van der Waals surface area (Å²) in [5.74, 6) is -0.648. The molecule has 1 unspecified atom stereocenters. The Morgan fingerprint density at radius 2 is 1.92 bits per heavy atom. The Morgan fingerprint density at radius 1 is 1.20 bits per heavy atom. The minimum Gasteiger partial charge on any atom is -0.394 e. The quantitative estimate of drug-likeness (QED) is 0.598. The molecule has 1 aromatic carbocycles. The van der Waals surface area contributed by atoms with E-state index in [0.29, 0.717) is 16.9 Å². The highest BCUT2D eigenvalue weighted by Gasteiger charge is 2.35. The number of benzene rings is 1. The number of hydrogen-bond acceptors (Lipinski definition) is 6. The number of hydrogen-bond donors (Lipinski definition) is 4. The van der Waals surface area contributed by atoms with Crippen molar-refractivity contribution in [2.45, 2.75) is 12.3 Å². The van der Waals surface area contributed by atoms with Crippen LogP contribution in [-0.4, -0.2) is 39.4 Å². The third kappa shape index (κ3) is 5.33. The van der Waals surface area contributed by atoms with E-state index in [4.69, 9.17) is 28.3 Å². The smallest absolute Gasteiger partial charge is 0.394 e. The van der Waals surface area contributed by atoms with Gasteiger partial charge in [0, 0.05) is 18.4 Å². The summed E-state index contributed by atoms with van der Waals surface area (Å²) in [6, 6.07) is 4.53. The molecule has 25 heavy (non-hydrogen) atoms. The molecule has 2 aromatic rings. The van der Waals surface area contributed by atoms with E-state index in [0.717, 1.165) is 0 Å². The molecule has 0 radical (unpaired) electrons. The van der Waals surface area contributed by atoms with Crippen LogP contribution in [0.3, 0.4) is 0 Å². The maximum absolute atomic E-state index is 13.0. The maximum Gasteiger partial charge on any atom is 0.421 e. The van der Waals surface area contributed by atoms with E-state index >= 15 is 0 Å². The second kappa shape index (κ2) is 8.05. The minimum atomic E-state index is -4.69. The molecule has 0 bridgehead atoms. The summed E-state index contributed by atoms with van der Waals surface area (Å²) in [6.07, 6.45) is -5.31. The van der Waals surface area contributed by atoms with Gasteiger partial charge in [0.2, 0.25) is 5.95 Å². The fourth-order valence-electron chi connectivity index (χ4n) is 1.77. The van der Waals surface area contributed by atoms with Crippen molar-refractivity contribution in [2.24, 2.45) is 0 Å². The van der Waals surface area contributed by atoms with Gasteiger partial charge in [-0.05, 0) is 18.2 Å². The van der Waals surface area contributed by atoms with Crippen LogP contribution in [0.5, 0.6) is 0 Å². The normalized spacial score (nSPS) is 12.8. The summed E-state index contributed by atoms with van der Waals surface area (Å²) in [5, 5.41) is 23.7. The first-order chi connectivity index (χ1) is 11.7. The molecule has 0 spiro atoms. The van der Waals surface area contributed by atoms with Gasteiger partial charge in [-0.25, -0.2) is 4.98 Å². The zero-order valence-corrected chi connectivity index (χ0v) is 14.0. The molecule has 0 saturated carbocycles. The molecule has 0 amide bonds. The molecule has 1 heterocycles. The van der Waals surface area contributed by atoms with E-state index in [1.54, 1.807) is 6.07 Å². The Balaban J connectivity index is 2.28. The number of nitrogens with zero attached hydrogens (tertiary/aromatic N) is 2. The lowest BCUT2D eigenvalue weighted by molar-refractivity contribution is -0.137. The minimum absolute atomic E-state index is 0.118. The van der Waals surface area contributed by atoms with Crippen LogP contribution in [-0.2, 0) is 6.18 Å². The van der Waals surface area contributed by atoms with E-state index in [9.17, 15) is 18.3 Å². The number of anilines is 3. The maximum atomic E-state index is 13.0. The number of aromatic nitrogens is 2. The first-order valence-electron chi connectivity index (χ1n) is 6.90. The van der Waals surface area contributed by atoms with Crippen LogP contribution in [0, 0.1) is 0 Å². The van der Waals surface area contributed by atoms with Crippen LogP contribution >= 0.6 is 23.2 Å². The van der Waals surface area contributed by atoms with Gasteiger partial charge >= 0.3 is 6.18 Å². The lowest BCUT2D eigenvalue weighted by Gasteiger charge is -2.16. The van der Waals surface area contributed by atoms with Gasteiger partial charge in [-0.3, -0.25) is 0 Å². The van der Waals surface area contributed by atoms with E-state index < -0.39 is 30.3 Å². The summed E-state index contributed by atoms with van der Waals surface area (Å²) in [4.78, 5) is 7.40. The molecule has 4 N–H and O–H groups in total. The number of alkyl halides is 3. The monoisotopic (exact) mass is 396 g/mol. The second-order valence-electron chi connectivity index (χ2n) is 4.92. The molecule has 11 heteroatoms. The fourth-order valence-corrected chi connectivity index (χ4v) is 2.06. The first kappa shape index (κ1) is 19.5. The Bertz CT molecular complexity index is 747. The highest BCUT2D eigenvalue weighted by atomic mass is 35.5. The zero-order valence-electron chi connectivity index (χ0n) is 12.5. The molecule has 0 aliphatic rings. The van der Waals surface area contributed by atoms with E-state index in [1.807, 2.05) is 0 Å². The first-order valence-corrected chi connectivity index (χ1v) is 7.65. The van der Waals surface area contributed by atoms with Crippen LogP contribution in [0.15, 0.2) is 24.4 Å². The predicted molar refractivity (Wildman–Crippen MR) is 88.4 cm³/mol. The Labute approximate surface area is 150 Å². The summed E-state index contributed by atoms with van der Waals surface area (Å²) >= 11 is 11.7. The van der Waals surface area contributed by atoms with Gasteiger partial charge in [-0.2, -0.15) is 18.2 Å². The number of rotatable bonds is 6. The van der Waals surface area contributed by atoms with Gasteiger partial charge < -0.3 is 20.8 Å². The lowest BCUT2D eigenvalue weighted by atomic mass is 10.3. The van der Waals surface area contributed by atoms with E-state index in [-0.39, 0.29) is 17.5 Å². The molecule has 0 fully saturated rings. The van der Waals surface area contributed by atoms with Crippen LogP contribution in [0.1, 0.15) is 5.56 Å². The Kier molecular flexibility index (Phi) is 6.28. The van der Waals surface area contributed by atoms with Crippen molar-refractivity contribution >= 4 is 40.7 Å². The third-order valence-electron chi connectivity index (χ3n) is 2.99. The van der Waals surface area contributed by atoms with Crippen molar-refractivity contribution < 1.29 is 23.4 Å². The summed E-state index contributed by atoms with van der Waals surface area (Å²) in [5.41, 5.74) is -0.673.